The Morgan fingerprint density at radius 1 is 0.944 bits per heavy atom. The van der Waals surface area contributed by atoms with E-state index in [2.05, 4.69) is 77.4 Å². The van der Waals surface area contributed by atoms with Crippen LogP contribution >= 0.6 is 0 Å². The highest BCUT2D eigenvalue weighted by Crippen LogP contribution is 2.34. The molecule has 1 fully saturated rings. The summed E-state index contributed by atoms with van der Waals surface area (Å²) in [5, 5.41) is 3.13. The molecule has 2 aliphatic rings. The predicted molar refractivity (Wildman–Crippen MR) is 221 cm³/mol. The van der Waals surface area contributed by atoms with Crippen LogP contribution in [0.4, 0.5) is 11.4 Å². The molecule has 0 spiro atoms. The number of amides is 1. The molecule has 54 heavy (non-hydrogen) atoms. The molecule has 2 aliphatic heterocycles. The summed E-state index contributed by atoms with van der Waals surface area (Å²) in [4.78, 5) is 24.0. The average Bonchev–Trinajstić information content (AvgIpc) is 3.53. The second-order valence-corrected chi connectivity index (χ2v) is 16.1. The van der Waals surface area contributed by atoms with Crippen molar-refractivity contribution >= 4 is 34.2 Å². The number of hydrogen-bond donors (Lipinski definition) is 1. The van der Waals surface area contributed by atoms with Crippen LogP contribution in [0.15, 0.2) is 83.5 Å². The third-order valence-electron chi connectivity index (χ3n) is 10.6. The topological polar surface area (TPSA) is 88.9 Å². The van der Waals surface area contributed by atoms with Crippen molar-refractivity contribution in [2.45, 2.75) is 76.5 Å². The zero-order valence-corrected chi connectivity index (χ0v) is 33.3. The number of carbonyl (C=O) groups is 1. The minimum absolute atomic E-state index is 0.105. The number of aromatic nitrogens is 2. The number of likely N-dealkylation sites (tertiary alicyclic amines) is 1. The Labute approximate surface area is 324 Å². The number of benzene rings is 3. The summed E-state index contributed by atoms with van der Waals surface area (Å²) < 4.78 is 26.9. The van der Waals surface area contributed by atoms with Crippen molar-refractivity contribution in [3.05, 3.63) is 95.6 Å². The van der Waals surface area contributed by atoms with Crippen molar-refractivity contribution in [1.29, 1.82) is 0 Å². The molecule has 1 saturated heterocycles. The molecule has 0 bridgehead atoms. The normalized spacial score (nSPS) is 16.9. The van der Waals surface area contributed by atoms with E-state index in [0.717, 1.165) is 103 Å². The molecule has 6 rings (SSSR count). The Kier molecular flexibility index (Phi) is 14.1. The van der Waals surface area contributed by atoms with Crippen molar-refractivity contribution in [2.24, 2.45) is 5.92 Å². The maximum absolute atomic E-state index is 13.9. The standard InChI is InChI=1S/C44H57N5O4S/c1-5-7-25-52-26-27-53-40-15-10-35(11-16-40)36-12-19-42-38(28-36)29-37(9-8-22-49(42)30-34-20-23-47(4)24-21-34)44(50)46-39-13-17-41(18-14-39)54(51)31-43-33(3)45-32-48(43)6-2/h10-19,28-29,32,34H,5-9,20-27,30-31H2,1-4H3,(H,46,50)/b37-29+. The highest BCUT2D eigenvalue weighted by Gasteiger charge is 2.24. The molecule has 9 nitrogen and oxygen atoms in total. The highest BCUT2D eigenvalue weighted by atomic mass is 32.2. The van der Waals surface area contributed by atoms with Crippen LogP contribution in [-0.2, 0) is 32.6 Å². The SMILES string of the molecule is CCCCOCCOc1ccc(-c2ccc3c(c2)/C=C(/C(=O)Nc2ccc(S(=O)Cc4c(C)ncn4CC)cc2)CCCN3CC2CCN(C)CC2)cc1. The van der Waals surface area contributed by atoms with Gasteiger partial charge in [0, 0.05) is 48.1 Å². The fraction of sp³-hybridized carbons (Fsp3) is 0.455. The number of fused-ring (bicyclic) bond motifs is 1. The molecule has 1 amide bonds. The zero-order chi connectivity index (χ0) is 37.9. The minimum Gasteiger partial charge on any atom is -0.491 e. The molecule has 1 N–H and O–H groups in total. The third kappa shape index (κ3) is 10.5. The van der Waals surface area contributed by atoms with Crippen LogP contribution in [0.2, 0.25) is 0 Å². The van der Waals surface area contributed by atoms with E-state index in [9.17, 15) is 9.00 Å². The molecular formula is C44H57N5O4S. The summed E-state index contributed by atoms with van der Waals surface area (Å²) in [7, 11) is 0.987. The second-order valence-electron chi connectivity index (χ2n) is 14.6. The van der Waals surface area contributed by atoms with Crippen LogP contribution in [0.1, 0.15) is 69.3 Å². The molecule has 1 aromatic heterocycles. The third-order valence-corrected chi connectivity index (χ3v) is 12.0. The summed E-state index contributed by atoms with van der Waals surface area (Å²) in [5.74, 6) is 1.78. The van der Waals surface area contributed by atoms with Crippen LogP contribution in [-0.4, -0.2) is 77.6 Å². The van der Waals surface area contributed by atoms with Gasteiger partial charge in [0.05, 0.1) is 40.9 Å². The number of nitrogens with one attached hydrogen (secondary N) is 1. The van der Waals surface area contributed by atoms with E-state index in [4.69, 9.17) is 9.47 Å². The number of anilines is 2. The van der Waals surface area contributed by atoms with Crippen molar-refractivity contribution in [3.8, 4) is 16.9 Å². The van der Waals surface area contributed by atoms with Gasteiger partial charge in [0.25, 0.3) is 5.91 Å². The molecule has 3 aromatic carbocycles. The molecule has 3 heterocycles. The fourth-order valence-corrected chi connectivity index (χ4v) is 8.52. The van der Waals surface area contributed by atoms with Crippen LogP contribution in [0, 0.1) is 12.8 Å². The van der Waals surface area contributed by atoms with Crippen LogP contribution in [0.25, 0.3) is 17.2 Å². The Balaban J connectivity index is 1.18. The molecular weight excluding hydrogens is 695 g/mol. The van der Waals surface area contributed by atoms with Gasteiger partial charge in [-0.2, -0.15) is 0 Å². The number of nitrogens with zero attached hydrogens (tertiary/aromatic N) is 4. The first-order valence-corrected chi connectivity index (χ1v) is 21.0. The summed E-state index contributed by atoms with van der Waals surface area (Å²) >= 11 is 0. The molecule has 288 valence electrons. The van der Waals surface area contributed by atoms with E-state index in [0.29, 0.717) is 37.0 Å². The molecule has 0 saturated carbocycles. The Morgan fingerprint density at radius 3 is 2.44 bits per heavy atom. The van der Waals surface area contributed by atoms with Gasteiger partial charge in [0.1, 0.15) is 12.4 Å². The van der Waals surface area contributed by atoms with Gasteiger partial charge in [-0.1, -0.05) is 31.5 Å². The quantitative estimate of drug-likeness (QED) is 0.115. The smallest absolute Gasteiger partial charge is 0.251 e. The second kappa shape index (κ2) is 19.4. The minimum atomic E-state index is -1.22. The largest absolute Gasteiger partial charge is 0.491 e. The zero-order valence-electron chi connectivity index (χ0n) is 32.5. The van der Waals surface area contributed by atoms with Crippen molar-refractivity contribution in [2.75, 3.05) is 63.3 Å². The number of hydrogen-bond acceptors (Lipinski definition) is 7. The van der Waals surface area contributed by atoms with E-state index >= 15 is 0 Å². The molecule has 4 aromatic rings. The Hall–Kier alpha value is -4.25. The molecule has 1 atom stereocenters. The molecule has 10 heteroatoms. The number of piperidine rings is 1. The summed E-state index contributed by atoms with van der Waals surface area (Å²) in [6, 6.07) is 22.3. The molecule has 1 unspecified atom stereocenters. The number of aryl methyl sites for hydroxylation is 2. The van der Waals surface area contributed by atoms with E-state index in [1.54, 1.807) is 6.33 Å². The molecule has 0 radical (unpaired) electrons. The van der Waals surface area contributed by atoms with Crippen molar-refractivity contribution in [3.63, 3.8) is 0 Å². The summed E-state index contributed by atoms with van der Waals surface area (Å²) in [6.07, 6.45) is 10.1. The van der Waals surface area contributed by atoms with Gasteiger partial charge in [0.2, 0.25) is 0 Å². The van der Waals surface area contributed by atoms with E-state index in [1.165, 1.54) is 18.5 Å². The maximum Gasteiger partial charge on any atom is 0.251 e. The number of unbranched alkanes of at least 4 members (excludes halogenated alkanes) is 1. The highest BCUT2D eigenvalue weighted by molar-refractivity contribution is 7.84. The lowest BCUT2D eigenvalue weighted by atomic mass is 9.93. The maximum atomic E-state index is 13.9. The van der Waals surface area contributed by atoms with Gasteiger partial charge in [0.15, 0.2) is 0 Å². The number of imidazole rings is 1. The van der Waals surface area contributed by atoms with Gasteiger partial charge < -0.3 is 29.2 Å². The first-order chi connectivity index (χ1) is 26.3. The predicted octanol–water partition coefficient (Wildman–Crippen LogP) is 8.35. The Morgan fingerprint density at radius 2 is 1.70 bits per heavy atom. The van der Waals surface area contributed by atoms with Crippen LogP contribution in [0.5, 0.6) is 5.75 Å². The molecule has 0 aliphatic carbocycles. The van der Waals surface area contributed by atoms with Crippen molar-refractivity contribution in [1.82, 2.24) is 14.5 Å². The average molecular weight is 752 g/mol. The monoisotopic (exact) mass is 751 g/mol. The first kappa shape index (κ1) is 39.4. The van der Waals surface area contributed by atoms with Crippen molar-refractivity contribution < 1.29 is 18.5 Å². The fourth-order valence-electron chi connectivity index (χ4n) is 7.29. The van der Waals surface area contributed by atoms with E-state index in [-0.39, 0.29) is 5.91 Å². The van der Waals surface area contributed by atoms with Crippen LogP contribution in [0.3, 0.4) is 0 Å². The van der Waals surface area contributed by atoms with E-state index in [1.807, 2.05) is 47.9 Å². The van der Waals surface area contributed by atoms with Gasteiger partial charge >= 0.3 is 0 Å². The number of rotatable bonds is 16. The van der Waals surface area contributed by atoms with Gasteiger partial charge in [-0.3, -0.25) is 9.00 Å². The summed E-state index contributed by atoms with van der Waals surface area (Å²) in [5.41, 5.74) is 7.77. The van der Waals surface area contributed by atoms with Gasteiger partial charge in [-0.05, 0) is 143 Å². The van der Waals surface area contributed by atoms with Gasteiger partial charge in [-0.15, -0.1) is 0 Å². The summed E-state index contributed by atoms with van der Waals surface area (Å²) in [6.45, 7) is 13.0. The number of carbonyl (C=O) groups excluding carboxylic acids is 1. The number of ether oxygens (including phenoxy) is 2. The first-order valence-electron chi connectivity index (χ1n) is 19.7. The lowest BCUT2D eigenvalue weighted by molar-refractivity contribution is -0.112. The Bertz CT molecular complexity index is 1880. The van der Waals surface area contributed by atoms with E-state index < -0.39 is 10.8 Å². The van der Waals surface area contributed by atoms with Gasteiger partial charge in [-0.25, -0.2) is 4.98 Å². The lowest BCUT2D eigenvalue weighted by Crippen LogP contribution is -2.38. The van der Waals surface area contributed by atoms with Crippen LogP contribution < -0.4 is 15.0 Å². The lowest BCUT2D eigenvalue weighted by Gasteiger charge is -2.36.